The van der Waals surface area contributed by atoms with Crippen LogP contribution in [0.25, 0.3) is 0 Å². The van der Waals surface area contributed by atoms with E-state index in [1.165, 1.54) is 12.1 Å². The zero-order chi connectivity index (χ0) is 12.4. The summed E-state index contributed by atoms with van der Waals surface area (Å²) in [7, 11) is 0. The first kappa shape index (κ1) is 12.1. The van der Waals surface area contributed by atoms with Gasteiger partial charge in [-0.2, -0.15) is 0 Å². The molecule has 6 nitrogen and oxygen atoms in total. The van der Waals surface area contributed by atoms with Gasteiger partial charge in [-0.25, -0.2) is 4.98 Å². The monoisotopic (exact) mass is 257 g/mol. The van der Waals surface area contributed by atoms with Crippen molar-refractivity contribution in [1.82, 2.24) is 4.98 Å². The summed E-state index contributed by atoms with van der Waals surface area (Å²) in [5.41, 5.74) is -0.0249. The molecule has 17 heavy (non-hydrogen) atoms. The maximum absolute atomic E-state index is 10.9. The molecule has 1 aliphatic heterocycles. The Bertz CT molecular complexity index is 441. The van der Waals surface area contributed by atoms with Crippen LogP contribution in [0.2, 0.25) is 5.15 Å². The van der Waals surface area contributed by atoms with Gasteiger partial charge in [0.2, 0.25) is 5.82 Å². The molecule has 1 saturated heterocycles. The third-order valence-electron chi connectivity index (χ3n) is 2.66. The van der Waals surface area contributed by atoms with Gasteiger partial charge in [-0.05, 0) is 13.0 Å². The highest BCUT2D eigenvalue weighted by Gasteiger charge is 2.27. The van der Waals surface area contributed by atoms with Gasteiger partial charge in [0.1, 0.15) is 5.15 Å². The number of nitrogens with zero attached hydrogens (tertiary/aromatic N) is 3. The molecule has 1 fully saturated rings. The van der Waals surface area contributed by atoms with Crippen LogP contribution in [0.3, 0.4) is 0 Å². The molecule has 1 unspecified atom stereocenters. The number of halogens is 1. The van der Waals surface area contributed by atoms with Crippen molar-refractivity contribution in [3.05, 3.63) is 27.4 Å². The van der Waals surface area contributed by atoms with Gasteiger partial charge in [0.05, 0.1) is 24.2 Å². The summed E-state index contributed by atoms with van der Waals surface area (Å²) < 4.78 is 5.29. The smallest absolute Gasteiger partial charge is 0.311 e. The van der Waals surface area contributed by atoms with Crippen molar-refractivity contribution in [2.24, 2.45) is 0 Å². The highest BCUT2D eigenvalue weighted by Crippen LogP contribution is 2.29. The molecule has 1 aromatic heterocycles. The Morgan fingerprint density at radius 2 is 2.41 bits per heavy atom. The van der Waals surface area contributed by atoms with E-state index < -0.39 is 4.92 Å². The number of nitro groups is 1. The topological polar surface area (TPSA) is 68.5 Å². The predicted molar refractivity (Wildman–Crippen MR) is 63.5 cm³/mol. The maximum atomic E-state index is 10.9. The lowest BCUT2D eigenvalue weighted by atomic mass is 10.2. The van der Waals surface area contributed by atoms with Crippen LogP contribution in [-0.2, 0) is 4.74 Å². The SMILES string of the molecule is CC1COCCN1c1nc(Cl)ccc1[N+](=O)[O-]. The zero-order valence-electron chi connectivity index (χ0n) is 9.30. The first-order valence-electron chi connectivity index (χ1n) is 5.25. The molecule has 1 aromatic rings. The van der Waals surface area contributed by atoms with Gasteiger partial charge in [0.25, 0.3) is 0 Å². The van der Waals surface area contributed by atoms with Crippen molar-refractivity contribution in [3.8, 4) is 0 Å². The number of morpholine rings is 1. The quantitative estimate of drug-likeness (QED) is 0.460. The second-order valence-electron chi connectivity index (χ2n) is 3.85. The molecule has 1 atom stereocenters. The molecule has 2 rings (SSSR count). The third kappa shape index (κ3) is 2.48. The molecular formula is C10H12ClN3O3. The van der Waals surface area contributed by atoms with E-state index in [9.17, 15) is 10.1 Å². The van der Waals surface area contributed by atoms with Crippen LogP contribution < -0.4 is 4.90 Å². The summed E-state index contributed by atoms with van der Waals surface area (Å²) in [4.78, 5) is 16.4. The molecule has 0 N–H and O–H groups in total. The number of hydrogen-bond donors (Lipinski definition) is 0. The second kappa shape index (κ2) is 4.85. The van der Waals surface area contributed by atoms with Crippen LogP contribution >= 0.6 is 11.6 Å². The number of ether oxygens (including phenoxy) is 1. The van der Waals surface area contributed by atoms with E-state index in [0.717, 1.165) is 0 Å². The van der Waals surface area contributed by atoms with Gasteiger partial charge in [0, 0.05) is 12.6 Å². The van der Waals surface area contributed by atoms with E-state index in [4.69, 9.17) is 16.3 Å². The Morgan fingerprint density at radius 3 is 3.06 bits per heavy atom. The molecule has 0 amide bonds. The fraction of sp³-hybridized carbons (Fsp3) is 0.500. The normalized spacial score (nSPS) is 20.4. The van der Waals surface area contributed by atoms with E-state index >= 15 is 0 Å². The van der Waals surface area contributed by atoms with Crippen LogP contribution in [-0.4, -0.2) is 35.7 Å². The third-order valence-corrected chi connectivity index (χ3v) is 2.87. The van der Waals surface area contributed by atoms with E-state index in [0.29, 0.717) is 25.6 Å². The average Bonchev–Trinajstić information content (AvgIpc) is 2.29. The molecule has 2 heterocycles. The largest absolute Gasteiger partial charge is 0.377 e. The van der Waals surface area contributed by atoms with Gasteiger partial charge in [-0.3, -0.25) is 10.1 Å². The number of rotatable bonds is 2. The maximum Gasteiger partial charge on any atom is 0.311 e. The number of anilines is 1. The first-order chi connectivity index (χ1) is 8.09. The lowest BCUT2D eigenvalue weighted by Gasteiger charge is -2.33. The van der Waals surface area contributed by atoms with Gasteiger partial charge >= 0.3 is 5.69 Å². The Labute approximate surface area is 103 Å². The fourth-order valence-corrected chi connectivity index (χ4v) is 1.96. The molecule has 92 valence electrons. The summed E-state index contributed by atoms with van der Waals surface area (Å²) in [6, 6.07) is 2.86. The van der Waals surface area contributed by atoms with Crippen LogP contribution in [0.5, 0.6) is 0 Å². The van der Waals surface area contributed by atoms with E-state index in [1.54, 1.807) is 0 Å². The molecule has 7 heteroatoms. The van der Waals surface area contributed by atoms with Crippen LogP contribution in [0.15, 0.2) is 12.1 Å². The molecule has 0 radical (unpaired) electrons. The van der Waals surface area contributed by atoms with Crippen LogP contribution in [0.1, 0.15) is 6.92 Å². The molecular weight excluding hydrogens is 246 g/mol. The lowest BCUT2D eigenvalue weighted by molar-refractivity contribution is -0.384. The van der Waals surface area contributed by atoms with Gasteiger partial charge in [-0.15, -0.1) is 0 Å². The number of pyridine rings is 1. The first-order valence-corrected chi connectivity index (χ1v) is 5.62. The summed E-state index contributed by atoms with van der Waals surface area (Å²) >= 11 is 5.80. The van der Waals surface area contributed by atoms with E-state index in [1.807, 2.05) is 11.8 Å². The molecule has 0 aliphatic carbocycles. The highest BCUT2D eigenvalue weighted by molar-refractivity contribution is 6.29. The number of hydrogen-bond acceptors (Lipinski definition) is 5. The summed E-state index contributed by atoms with van der Waals surface area (Å²) in [5.74, 6) is 0.318. The highest BCUT2D eigenvalue weighted by atomic mass is 35.5. The average molecular weight is 258 g/mol. The van der Waals surface area contributed by atoms with Crippen molar-refractivity contribution in [1.29, 1.82) is 0 Å². The molecule has 0 bridgehead atoms. The molecule has 1 aliphatic rings. The second-order valence-corrected chi connectivity index (χ2v) is 4.24. The van der Waals surface area contributed by atoms with E-state index in [-0.39, 0.29) is 16.9 Å². The summed E-state index contributed by atoms with van der Waals surface area (Å²) in [6.45, 7) is 3.59. The molecule has 0 aromatic carbocycles. The van der Waals surface area contributed by atoms with Crippen LogP contribution in [0.4, 0.5) is 11.5 Å². The van der Waals surface area contributed by atoms with Crippen molar-refractivity contribution >= 4 is 23.1 Å². The van der Waals surface area contributed by atoms with Crippen molar-refractivity contribution in [2.45, 2.75) is 13.0 Å². The predicted octanol–water partition coefficient (Wildman–Crippen LogP) is 1.87. The van der Waals surface area contributed by atoms with Crippen molar-refractivity contribution in [3.63, 3.8) is 0 Å². The van der Waals surface area contributed by atoms with Crippen molar-refractivity contribution < 1.29 is 9.66 Å². The lowest BCUT2D eigenvalue weighted by Crippen LogP contribution is -2.44. The minimum absolute atomic E-state index is 0.0249. The van der Waals surface area contributed by atoms with Crippen molar-refractivity contribution in [2.75, 3.05) is 24.7 Å². The molecule has 0 saturated carbocycles. The minimum atomic E-state index is -0.444. The van der Waals surface area contributed by atoms with E-state index in [2.05, 4.69) is 4.98 Å². The summed E-state index contributed by atoms with van der Waals surface area (Å²) in [5, 5.41) is 11.2. The zero-order valence-corrected chi connectivity index (χ0v) is 10.1. The Morgan fingerprint density at radius 1 is 1.65 bits per heavy atom. The van der Waals surface area contributed by atoms with Gasteiger partial charge < -0.3 is 9.64 Å². The fourth-order valence-electron chi connectivity index (χ4n) is 1.81. The Hall–Kier alpha value is -1.40. The standard InChI is InChI=1S/C10H12ClN3O3/c1-7-6-17-5-4-13(7)10-8(14(15)16)2-3-9(11)12-10/h2-3,7H,4-6H2,1H3. The van der Waals surface area contributed by atoms with Gasteiger partial charge in [0.15, 0.2) is 0 Å². The minimum Gasteiger partial charge on any atom is -0.377 e. The van der Waals surface area contributed by atoms with Crippen LogP contribution in [0, 0.1) is 10.1 Å². The summed E-state index contributed by atoms with van der Waals surface area (Å²) in [6.07, 6.45) is 0. The number of aromatic nitrogens is 1. The molecule has 0 spiro atoms. The van der Waals surface area contributed by atoms with Gasteiger partial charge in [-0.1, -0.05) is 11.6 Å². The Balaban J connectivity index is 2.41. The Kier molecular flexibility index (Phi) is 3.44.